The van der Waals surface area contributed by atoms with Gasteiger partial charge in [-0.3, -0.25) is 4.79 Å². The van der Waals surface area contributed by atoms with Crippen LogP contribution in [0.4, 0.5) is 0 Å². The Morgan fingerprint density at radius 3 is 1.95 bits per heavy atom. The summed E-state index contributed by atoms with van der Waals surface area (Å²) >= 11 is 0. The van der Waals surface area contributed by atoms with Gasteiger partial charge >= 0.3 is 0 Å². The van der Waals surface area contributed by atoms with Crippen LogP contribution in [0.1, 0.15) is 48.5 Å². The molecule has 0 saturated heterocycles. The van der Waals surface area contributed by atoms with Gasteiger partial charge in [0.25, 0.3) is 0 Å². The molecular weight excluding hydrogens is 246 g/mol. The van der Waals surface area contributed by atoms with Gasteiger partial charge in [-0.15, -0.1) is 0 Å². The van der Waals surface area contributed by atoms with Gasteiger partial charge in [-0.05, 0) is 49.8 Å². The second kappa shape index (κ2) is 8.57. The third-order valence-electron chi connectivity index (χ3n) is 3.09. The van der Waals surface area contributed by atoms with Crippen LogP contribution in [0.25, 0.3) is 0 Å². The van der Waals surface area contributed by atoms with Crippen LogP contribution in [0, 0.1) is 11.8 Å². The summed E-state index contributed by atoms with van der Waals surface area (Å²) in [6, 6.07) is 0. The zero-order valence-electron chi connectivity index (χ0n) is 14.0. The molecule has 2 nitrogen and oxygen atoms in total. The van der Waals surface area contributed by atoms with Gasteiger partial charge < -0.3 is 5.32 Å². The van der Waals surface area contributed by atoms with E-state index in [1.165, 1.54) is 11.1 Å². The predicted octanol–water partition coefficient (Wildman–Crippen LogP) is 4.77. The highest BCUT2D eigenvalue weighted by molar-refractivity contribution is 5.87. The number of carbonyl (C=O) groups excluding carboxylic acids is 1. The molecule has 0 aromatic heterocycles. The highest BCUT2D eigenvalue weighted by Crippen LogP contribution is 2.26. The van der Waals surface area contributed by atoms with Gasteiger partial charge in [0.2, 0.25) is 0 Å². The van der Waals surface area contributed by atoms with Crippen molar-refractivity contribution in [1.29, 1.82) is 0 Å². The fourth-order valence-electron chi connectivity index (χ4n) is 2.24. The van der Waals surface area contributed by atoms with Crippen molar-refractivity contribution >= 4 is 5.78 Å². The highest BCUT2D eigenvalue weighted by Gasteiger charge is 2.15. The van der Waals surface area contributed by atoms with E-state index in [0.29, 0.717) is 11.8 Å². The van der Waals surface area contributed by atoms with Crippen LogP contribution in [0.3, 0.4) is 0 Å². The molecule has 1 N–H and O–H groups in total. The lowest BCUT2D eigenvalue weighted by atomic mass is 9.91. The number of ketones is 1. The second-order valence-corrected chi connectivity index (χ2v) is 5.65. The summed E-state index contributed by atoms with van der Waals surface area (Å²) in [5.41, 5.74) is 4.34. The summed E-state index contributed by atoms with van der Waals surface area (Å²) in [4.78, 5) is 11.2. The van der Waals surface area contributed by atoms with Crippen LogP contribution in [-0.2, 0) is 4.79 Å². The van der Waals surface area contributed by atoms with Crippen LogP contribution < -0.4 is 5.32 Å². The van der Waals surface area contributed by atoms with Gasteiger partial charge in [0.05, 0.1) is 0 Å². The van der Waals surface area contributed by atoms with Crippen molar-refractivity contribution in [3.63, 3.8) is 0 Å². The van der Waals surface area contributed by atoms with Crippen LogP contribution in [0.15, 0.2) is 47.3 Å². The first-order chi connectivity index (χ1) is 9.24. The maximum Gasteiger partial charge on any atom is 0.154 e. The first-order valence-electron chi connectivity index (χ1n) is 7.23. The van der Waals surface area contributed by atoms with Crippen LogP contribution in [0.5, 0.6) is 0 Å². The largest absolute Gasteiger partial charge is 0.359 e. The molecule has 0 saturated carbocycles. The molecule has 2 heteroatoms. The molecule has 0 spiro atoms. The molecular formula is C18H29NO. The molecule has 0 bridgehead atoms. The Balaban J connectivity index is 5.85. The van der Waals surface area contributed by atoms with E-state index in [-0.39, 0.29) is 5.78 Å². The minimum Gasteiger partial charge on any atom is -0.359 e. The zero-order chi connectivity index (χ0) is 15.9. The number of carbonyl (C=O) groups is 1. The van der Waals surface area contributed by atoms with E-state index in [1.54, 1.807) is 13.0 Å². The smallest absolute Gasteiger partial charge is 0.154 e. The first-order valence-corrected chi connectivity index (χ1v) is 7.23. The third kappa shape index (κ3) is 5.60. The Morgan fingerprint density at radius 1 is 1.10 bits per heavy atom. The molecule has 0 unspecified atom stereocenters. The lowest BCUT2D eigenvalue weighted by molar-refractivity contribution is -0.112. The standard InChI is InChI=1S/C18H29NO/c1-9-16(12(3)4)18(17(10-2)13(5)6)19-14(7)11-15(8)20/h9-13,19H,1H2,2-8H3/b14-11-,17-10-,18-16-. The molecule has 0 fully saturated rings. The summed E-state index contributed by atoms with van der Waals surface area (Å²) < 4.78 is 0. The number of hydrogen-bond donors (Lipinski definition) is 1. The molecule has 0 aromatic rings. The van der Waals surface area contributed by atoms with E-state index in [1.807, 2.05) is 19.9 Å². The van der Waals surface area contributed by atoms with Crippen molar-refractivity contribution in [1.82, 2.24) is 5.32 Å². The maximum absolute atomic E-state index is 11.2. The summed E-state index contributed by atoms with van der Waals surface area (Å²) in [7, 11) is 0. The third-order valence-corrected chi connectivity index (χ3v) is 3.09. The van der Waals surface area contributed by atoms with Crippen molar-refractivity contribution in [3.8, 4) is 0 Å². The Labute approximate surface area is 124 Å². The van der Waals surface area contributed by atoms with Gasteiger partial charge in [0.1, 0.15) is 0 Å². The average molecular weight is 275 g/mol. The fraction of sp³-hybridized carbons (Fsp3) is 0.500. The summed E-state index contributed by atoms with van der Waals surface area (Å²) in [5, 5.41) is 3.39. The lowest BCUT2D eigenvalue weighted by Gasteiger charge is -2.23. The summed E-state index contributed by atoms with van der Waals surface area (Å²) in [6.07, 6.45) is 5.65. The van der Waals surface area contributed by atoms with Crippen LogP contribution in [0.2, 0.25) is 0 Å². The Kier molecular flexibility index (Phi) is 7.90. The number of nitrogens with one attached hydrogen (secondary N) is 1. The Hall–Kier alpha value is -1.57. The molecule has 0 heterocycles. The number of rotatable bonds is 7. The van der Waals surface area contributed by atoms with Gasteiger partial charge in [-0.1, -0.05) is 46.4 Å². The van der Waals surface area contributed by atoms with Crippen molar-refractivity contribution in [2.24, 2.45) is 11.8 Å². The van der Waals surface area contributed by atoms with Crippen LogP contribution >= 0.6 is 0 Å². The molecule has 0 radical (unpaired) electrons. The van der Waals surface area contributed by atoms with E-state index in [0.717, 1.165) is 11.4 Å². The molecule has 0 aliphatic rings. The molecule has 0 aromatic carbocycles. The number of allylic oxidation sites excluding steroid dienone is 6. The molecule has 0 aliphatic carbocycles. The molecule has 0 amide bonds. The van der Waals surface area contributed by atoms with Crippen molar-refractivity contribution in [2.75, 3.05) is 0 Å². The van der Waals surface area contributed by atoms with E-state index >= 15 is 0 Å². The van der Waals surface area contributed by atoms with Gasteiger partial charge in [-0.2, -0.15) is 0 Å². The monoisotopic (exact) mass is 275 g/mol. The topological polar surface area (TPSA) is 29.1 Å². The molecule has 112 valence electrons. The van der Waals surface area contributed by atoms with E-state index in [9.17, 15) is 4.79 Å². The molecule has 0 atom stereocenters. The zero-order valence-corrected chi connectivity index (χ0v) is 14.0. The van der Waals surface area contributed by atoms with Gasteiger partial charge in [-0.25, -0.2) is 0 Å². The maximum atomic E-state index is 11.2. The quantitative estimate of drug-likeness (QED) is 0.536. The normalized spacial score (nSPS) is 14.4. The summed E-state index contributed by atoms with van der Waals surface area (Å²) in [5.74, 6) is 0.820. The minimum atomic E-state index is 0.0469. The minimum absolute atomic E-state index is 0.0469. The lowest BCUT2D eigenvalue weighted by Crippen LogP contribution is -2.19. The van der Waals surface area contributed by atoms with E-state index in [4.69, 9.17) is 0 Å². The molecule has 0 aliphatic heterocycles. The Morgan fingerprint density at radius 2 is 1.65 bits per heavy atom. The van der Waals surface area contributed by atoms with Gasteiger partial charge in [0, 0.05) is 11.4 Å². The van der Waals surface area contributed by atoms with Crippen LogP contribution in [-0.4, -0.2) is 5.78 Å². The second-order valence-electron chi connectivity index (χ2n) is 5.65. The molecule has 0 rings (SSSR count). The SMILES string of the molecule is C=C/C(=C(N/C(C)=C\C(C)=O)\C(=C/C)C(C)C)C(C)C. The average Bonchev–Trinajstić information content (AvgIpc) is 2.28. The summed E-state index contributed by atoms with van der Waals surface area (Å²) in [6.45, 7) is 18.1. The first kappa shape index (κ1) is 18.4. The van der Waals surface area contributed by atoms with E-state index in [2.05, 4.69) is 45.7 Å². The van der Waals surface area contributed by atoms with Crippen molar-refractivity contribution < 1.29 is 4.79 Å². The highest BCUT2D eigenvalue weighted by atomic mass is 16.1. The van der Waals surface area contributed by atoms with Crippen molar-refractivity contribution in [3.05, 3.63) is 47.3 Å². The predicted molar refractivity (Wildman–Crippen MR) is 88.2 cm³/mol. The number of hydrogen-bond acceptors (Lipinski definition) is 2. The Bertz CT molecular complexity index is 448. The van der Waals surface area contributed by atoms with Gasteiger partial charge in [0.15, 0.2) is 5.78 Å². The van der Waals surface area contributed by atoms with E-state index < -0.39 is 0 Å². The van der Waals surface area contributed by atoms with Crippen molar-refractivity contribution in [2.45, 2.75) is 48.5 Å². The fourth-order valence-corrected chi connectivity index (χ4v) is 2.24. The molecule has 20 heavy (non-hydrogen) atoms.